The highest BCUT2D eigenvalue weighted by atomic mass is 16.3. The summed E-state index contributed by atoms with van der Waals surface area (Å²) in [5.74, 6) is 0.498. The Kier molecular flexibility index (Phi) is 6.70. The summed E-state index contributed by atoms with van der Waals surface area (Å²) < 4.78 is 0. The molecule has 0 aromatic heterocycles. The van der Waals surface area contributed by atoms with Crippen LogP contribution in [0.25, 0.3) is 0 Å². The molecule has 1 radical (unpaired) electrons. The molecule has 2 nitrogen and oxygen atoms in total. The summed E-state index contributed by atoms with van der Waals surface area (Å²) in [5.41, 5.74) is 7.44. The van der Waals surface area contributed by atoms with E-state index in [4.69, 9.17) is 5.73 Å². The molecular weight excluding hydrogens is 246 g/mol. The van der Waals surface area contributed by atoms with Gasteiger partial charge in [-0.1, -0.05) is 52.0 Å². The molecule has 0 aliphatic rings. The number of hydrogen-bond donors (Lipinski definition) is 2. The topological polar surface area (TPSA) is 46.2 Å². The number of rotatable bonds is 8. The van der Waals surface area contributed by atoms with Crippen molar-refractivity contribution < 1.29 is 5.11 Å². The average molecular weight is 276 g/mol. The van der Waals surface area contributed by atoms with Crippen molar-refractivity contribution in [3.05, 3.63) is 41.8 Å². The summed E-state index contributed by atoms with van der Waals surface area (Å²) in [5, 5.41) is 10.8. The Morgan fingerprint density at radius 1 is 1.20 bits per heavy atom. The minimum atomic E-state index is -0.632. The monoisotopic (exact) mass is 276 g/mol. The number of aliphatic hydroxyl groups is 1. The van der Waals surface area contributed by atoms with E-state index in [0.29, 0.717) is 6.42 Å². The van der Waals surface area contributed by atoms with E-state index >= 15 is 0 Å². The average Bonchev–Trinajstić information content (AvgIpc) is 2.42. The first-order chi connectivity index (χ1) is 9.40. The van der Waals surface area contributed by atoms with E-state index in [0.717, 1.165) is 19.4 Å². The van der Waals surface area contributed by atoms with Crippen LogP contribution < -0.4 is 5.73 Å². The van der Waals surface area contributed by atoms with Crippen LogP contribution in [0.4, 0.5) is 0 Å². The predicted octanol–water partition coefficient (Wildman–Crippen LogP) is 3.56. The van der Waals surface area contributed by atoms with Crippen LogP contribution in [0, 0.1) is 18.3 Å². The quantitative estimate of drug-likeness (QED) is 0.762. The lowest BCUT2D eigenvalue weighted by molar-refractivity contribution is -0.0463. The molecule has 1 rings (SSSR count). The molecule has 0 saturated carbocycles. The van der Waals surface area contributed by atoms with Gasteiger partial charge in [0.1, 0.15) is 0 Å². The Morgan fingerprint density at radius 3 is 2.40 bits per heavy atom. The maximum absolute atomic E-state index is 10.8. The van der Waals surface area contributed by atoms with Crippen LogP contribution in [0.15, 0.2) is 24.3 Å². The molecule has 1 aromatic carbocycles. The summed E-state index contributed by atoms with van der Waals surface area (Å²) in [7, 11) is 0. The van der Waals surface area contributed by atoms with Crippen LogP contribution in [0.5, 0.6) is 0 Å². The van der Waals surface area contributed by atoms with Gasteiger partial charge in [-0.05, 0) is 55.2 Å². The molecule has 0 spiro atoms. The van der Waals surface area contributed by atoms with Gasteiger partial charge >= 0.3 is 0 Å². The molecule has 0 unspecified atom stereocenters. The number of benzene rings is 1. The fraction of sp³-hybridized carbons (Fsp3) is 0.611. The first kappa shape index (κ1) is 17.2. The minimum absolute atomic E-state index is 0.249. The van der Waals surface area contributed by atoms with Gasteiger partial charge in [0.2, 0.25) is 0 Å². The van der Waals surface area contributed by atoms with Gasteiger partial charge in [-0.25, -0.2) is 0 Å². The fourth-order valence-electron chi connectivity index (χ4n) is 2.60. The molecule has 0 aliphatic carbocycles. The van der Waals surface area contributed by atoms with Crippen LogP contribution in [-0.2, 0) is 6.42 Å². The third kappa shape index (κ3) is 4.60. The van der Waals surface area contributed by atoms with E-state index in [2.05, 4.69) is 58.4 Å². The van der Waals surface area contributed by atoms with Gasteiger partial charge in [-0.15, -0.1) is 0 Å². The molecule has 3 N–H and O–H groups in total. The summed E-state index contributed by atoms with van der Waals surface area (Å²) in [6.07, 6.45) is 4.90. The molecule has 0 atom stereocenters. The minimum Gasteiger partial charge on any atom is -0.389 e. The highest BCUT2D eigenvalue weighted by Gasteiger charge is 2.33. The van der Waals surface area contributed by atoms with Crippen molar-refractivity contribution in [1.82, 2.24) is 0 Å². The molecule has 0 fully saturated rings. The molecule has 0 heterocycles. The molecule has 0 amide bonds. The van der Waals surface area contributed by atoms with Crippen molar-refractivity contribution in [3.63, 3.8) is 0 Å². The van der Waals surface area contributed by atoms with Gasteiger partial charge in [0.15, 0.2) is 0 Å². The van der Waals surface area contributed by atoms with E-state index in [9.17, 15) is 5.11 Å². The molecule has 0 bridgehead atoms. The summed E-state index contributed by atoms with van der Waals surface area (Å²) in [6.45, 7) is 9.09. The largest absolute Gasteiger partial charge is 0.389 e. The lowest BCUT2D eigenvalue weighted by atomic mass is 9.76. The highest BCUT2D eigenvalue weighted by Crippen LogP contribution is 2.31. The van der Waals surface area contributed by atoms with E-state index in [-0.39, 0.29) is 11.8 Å². The van der Waals surface area contributed by atoms with Crippen LogP contribution in [-0.4, -0.2) is 17.3 Å². The van der Waals surface area contributed by atoms with E-state index in [1.54, 1.807) is 0 Å². The number of aryl methyl sites for hydroxylation is 1. The van der Waals surface area contributed by atoms with E-state index < -0.39 is 5.60 Å². The normalized spacial score (nSPS) is 12.4. The number of nitrogens with two attached hydrogens (primary N) is 1. The zero-order valence-corrected chi connectivity index (χ0v) is 13.4. The Hall–Kier alpha value is -0.860. The Balaban J connectivity index is 2.69. The van der Waals surface area contributed by atoms with Crippen molar-refractivity contribution in [1.29, 1.82) is 0 Å². The zero-order chi connectivity index (χ0) is 15.2. The zero-order valence-electron chi connectivity index (χ0n) is 13.4. The second-order valence-corrected chi connectivity index (χ2v) is 6.35. The first-order valence-corrected chi connectivity index (χ1v) is 7.74. The van der Waals surface area contributed by atoms with Crippen molar-refractivity contribution in [2.24, 2.45) is 17.6 Å². The summed E-state index contributed by atoms with van der Waals surface area (Å²) >= 11 is 0. The van der Waals surface area contributed by atoms with Gasteiger partial charge in [0.05, 0.1) is 5.60 Å². The highest BCUT2D eigenvalue weighted by molar-refractivity contribution is 5.29. The van der Waals surface area contributed by atoms with Gasteiger partial charge in [-0.3, -0.25) is 0 Å². The lowest BCUT2D eigenvalue weighted by Crippen LogP contribution is -2.40. The van der Waals surface area contributed by atoms with Crippen LogP contribution in [0.2, 0.25) is 0 Å². The van der Waals surface area contributed by atoms with Crippen LogP contribution in [0.1, 0.15) is 51.7 Å². The third-order valence-corrected chi connectivity index (χ3v) is 4.28. The molecule has 113 valence electrons. The SMILES string of the molecule is CC(C)C(O)(C[CH]c1cccc(CCCN)c1)C(C)C. The maximum Gasteiger partial charge on any atom is 0.0699 e. The van der Waals surface area contributed by atoms with Crippen molar-refractivity contribution in [2.45, 2.75) is 52.6 Å². The molecule has 0 saturated heterocycles. The summed E-state index contributed by atoms with van der Waals surface area (Å²) in [4.78, 5) is 0. The first-order valence-electron chi connectivity index (χ1n) is 7.74. The lowest BCUT2D eigenvalue weighted by Gasteiger charge is -2.36. The third-order valence-electron chi connectivity index (χ3n) is 4.28. The van der Waals surface area contributed by atoms with Crippen LogP contribution in [0.3, 0.4) is 0 Å². The number of hydrogen-bond acceptors (Lipinski definition) is 2. The molecular formula is C18H30NO. The van der Waals surface area contributed by atoms with Crippen molar-refractivity contribution >= 4 is 0 Å². The van der Waals surface area contributed by atoms with Gasteiger partial charge in [0.25, 0.3) is 0 Å². The van der Waals surface area contributed by atoms with Gasteiger partial charge in [0, 0.05) is 0 Å². The van der Waals surface area contributed by atoms with Gasteiger partial charge in [-0.2, -0.15) is 0 Å². The molecule has 1 aromatic rings. The van der Waals surface area contributed by atoms with Crippen molar-refractivity contribution in [3.8, 4) is 0 Å². The summed E-state index contributed by atoms with van der Waals surface area (Å²) in [6, 6.07) is 8.54. The Morgan fingerprint density at radius 2 is 1.85 bits per heavy atom. The second kappa shape index (κ2) is 7.80. The van der Waals surface area contributed by atoms with Gasteiger partial charge < -0.3 is 10.8 Å². The fourth-order valence-corrected chi connectivity index (χ4v) is 2.60. The Labute approximate surface area is 124 Å². The maximum atomic E-state index is 10.8. The smallest absolute Gasteiger partial charge is 0.0699 e. The van der Waals surface area contributed by atoms with Crippen LogP contribution >= 0.6 is 0 Å². The molecule has 0 aliphatic heterocycles. The molecule has 2 heteroatoms. The standard InChI is InChI=1S/C18H30NO/c1-14(2)18(20,15(3)4)11-10-17-8-5-7-16(13-17)9-6-12-19/h5,7-8,10,13-15,20H,6,9,11-12,19H2,1-4H3. The van der Waals surface area contributed by atoms with E-state index in [1.165, 1.54) is 11.1 Å². The Bertz CT molecular complexity index is 390. The van der Waals surface area contributed by atoms with Crippen molar-refractivity contribution in [2.75, 3.05) is 6.54 Å². The predicted molar refractivity (Wildman–Crippen MR) is 86.5 cm³/mol. The second-order valence-electron chi connectivity index (χ2n) is 6.35. The molecule has 20 heavy (non-hydrogen) atoms. The van der Waals surface area contributed by atoms with E-state index in [1.807, 2.05) is 0 Å².